The van der Waals surface area contributed by atoms with Gasteiger partial charge in [-0.15, -0.1) is 11.3 Å². The molecule has 1 saturated carbocycles. The third-order valence-corrected chi connectivity index (χ3v) is 5.98. The number of nitrogens with one attached hydrogen (secondary N) is 1. The summed E-state index contributed by atoms with van der Waals surface area (Å²) in [5.41, 5.74) is 2.62. The predicted octanol–water partition coefficient (Wildman–Crippen LogP) is 5.13. The largest absolute Gasteiger partial charge is 0.338 e. The Morgan fingerprint density at radius 1 is 1.25 bits per heavy atom. The minimum Gasteiger partial charge on any atom is -0.338 e. The van der Waals surface area contributed by atoms with Gasteiger partial charge in [-0.2, -0.15) is 4.39 Å². The molecule has 0 unspecified atom stereocenters. The lowest BCUT2D eigenvalue weighted by Crippen LogP contribution is -2.17. The molecular formula is C22H18ClFN6OS. The summed E-state index contributed by atoms with van der Waals surface area (Å²) in [5.74, 6) is -0.922. The van der Waals surface area contributed by atoms with Crippen molar-refractivity contribution in [1.29, 1.82) is 0 Å². The quantitative estimate of drug-likeness (QED) is 0.381. The van der Waals surface area contributed by atoms with Crippen LogP contribution in [0.3, 0.4) is 0 Å². The van der Waals surface area contributed by atoms with Gasteiger partial charge in [0.2, 0.25) is 5.95 Å². The van der Waals surface area contributed by atoms with Crippen molar-refractivity contribution in [3.8, 4) is 0 Å². The molecule has 162 valence electrons. The summed E-state index contributed by atoms with van der Waals surface area (Å²) in [6, 6.07) is 5.17. The van der Waals surface area contributed by atoms with Crippen molar-refractivity contribution in [2.45, 2.75) is 25.4 Å². The first kappa shape index (κ1) is 20.6. The molecule has 0 saturated heterocycles. The molecule has 4 aromatic heterocycles. The second-order valence-corrected chi connectivity index (χ2v) is 8.79. The van der Waals surface area contributed by atoms with Gasteiger partial charge in [0.05, 0.1) is 22.7 Å². The van der Waals surface area contributed by atoms with E-state index in [2.05, 4.69) is 24.8 Å². The highest BCUT2D eigenvalue weighted by Gasteiger charge is 2.23. The number of imidazole rings is 1. The van der Waals surface area contributed by atoms with Crippen LogP contribution in [0, 0.1) is 5.95 Å². The van der Waals surface area contributed by atoms with E-state index in [-0.39, 0.29) is 12.5 Å². The van der Waals surface area contributed by atoms with Crippen molar-refractivity contribution >= 4 is 46.1 Å². The number of amides is 1. The van der Waals surface area contributed by atoms with E-state index in [9.17, 15) is 9.18 Å². The Bertz CT molecular complexity index is 1310. The number of rotatable bonds is 7. The van der Waals surface area contributed by atoms with Crippen LogP contribution in [0.4, 0.5) is 9.52 Å². The molecule has 1 aliphatic carbocycles. The third kappa shape index (κ3) is 4.79. The fraction of sp³-hybridized carbons (Fsp3) is 0.182. The number of hydrogen-bond acceptors (Lipinski definition) is 5. The van der Waals surface area contributed by atoms with E-state index in [4.69, 9.17) is 11.6 Å². The smallest absolute Gasteiger partial charge is 0.274 e. The minimum absolute atomic E-state index is 0.286. The standard InChI is InChI=1S/C22H18ClFN6OS/c23-15-8-19(29(10-15)9-14-5-6-25-20(24)7-14)21(31)28-22-27-17(12-32-22)2-1-16-11-30(13-26-16)18-3-4-18/h1-2,5-8,10-13,18H,3-4,9H2,(H,27,28,31)/b2-1+. The Balaban J connectivity index is 1.26. The maximum Gasteiger partial charge on any atom is 0.274 e. The normalized spacial score (nSPS) is 13.7. The van der Waals surface area contributed by atoms with Gasteiger partial charge in [-0.3, -0.25) is 10.1 Å². The van der Waals surface area contributed by atoms with Crippen LogP contribution in [0.25, 0.3) is 12.2 Å². The highest BCUT2D eigenvalue weighted by Crippen LogP contribution is 2.34. The number of thiazole rings is 1. The average Bonchev–Trinajstić information content (AvgIpc) is 3.16. The summed E-state index contributed by atoms with van der Waals surface area (Å²) in [7, 11) is 0. The fourth-order valence-corrected chi connectivity index (χ4v) is 4.19. The number of nitrogens with zero attached hydrogens (tertiary/aromatic N) is 5. The number of hydrogen-bond donors (Lipinski definition) is 1. The van der Waals surface area contributed by atoms with Crippen LogP contribution in [0.2, 0.25) is 5.02 Å². The van der Waals surface area contributed by atoms with Crippen LogP contribution in [0.15, 0.2) is 48.5 Å². The summed E-state index contributed by atoms with van der Waals surface area (Å²) >= 11 is 7.45. The molecule has 1 aliphatic rings. The number of halogens is 2. The SMILES string of the molecule is O=C(Nc1nc(/C=C/c2cn(C3CC3)cn2)cs1)c1cc(Cl)cn1Cc1ccnc(F)c1. The zero-order chi connectivity index (χ0) is 22.1. The van der Waals surface area contributed by atoms with Crippen LogP contribution in [0.5, 0.6) is 0 Å². The number of carbonyl (C=O) groups excluding carboxylic acids is 1. The molecule has 0 bridgehead atoms. The van der Waals surface area contributed by atoms with Crippen LogP contribution in [0.1, 0.15) is 46.3 Å². The van der Waals surface area contributed by atoms with Crippen LogP contribution < -0.4 is 5.32 Å². The predicted molar refractivity (Wildman–Crippen MR) is 122 cm³/mol. The van der Waals surface area contributed by atoms with Crippen molar-refractivity contribution in [1.82, 2.24) is 24.1 Å². The van der Waals surface area contributed by atoms with Gasteiger partial charge in [-0.05, 0) is 48.8 Å². The summed E-state index contributed by atoms with van der Waals surface area (Å²) in [6.07, 6.45) is 13.1. The van der Waals surface area contributed by atoms with Crippen molar-refractivity contribution < 1.29 is 9.18 Å². The van der Waals surface area contributed by atoms with Gasteiger partial charge in [0.1, 0.15) is 5.69 Å². The third-order valence-electron chi connectivity index (χ3n) is 5.00. The first-order valence-electron chi connectivity index (χ1n) is 9.98. The van der Waals surface area contributed by atoms with Crippen molar-refractivity contribution in [3.63, 3.8) is 0 Å². The molecule has 10 heteroatoms. The van der Waals surface area contributed by atoms with Crippen LogP contribution >= 0.6 is 22.9 Å². The molecule has 1 amide bonds. The van der Waals surface area contributed by atoms with E-state index in [1.165, 1.54) is 36.4 Å². The molecule has 4 aromatic rings. The number of aromatic nitrogens is 5. The summed E-state index contributed by atoms with van der Waals surface area (Å²) in [5, 5.41) is 5.55. The van der Waals surface area contributed by atoms with E-state index < -0.39 is 5.95 Å². The van der Waals surface area contributed by atoms with Gasteiger partial charge < -0.3 is 9.13 Å². The van der Waals surface area contributed by atoms with Gasteiger partial charge in [-0.1, -0.05) is 11.6 Å². The highest BCUT2D eigenvalue weighted by molar-refractivity contribution is 7.14. The van der Waals surface area contributed by atoms with Gasteiger partial charge in [0, 0.05) is 36.6 Å². The highest BCUT2D eigenvalue weighted by atomic mass is 35.5. The van der Waals surface area contributed by atoms with Crippen LogP contribution in [-0.2, 0) is 6.54 Å². The van der Waals surface area contributed by atoms with E-state index in [1.807, 2.05) is 30.1 Å². The molecular weight excluding hydrogens is 451 g/mol. The topological polar surface area (TPSA) is 77.6 Å². The molecule has 0 radical (unpaired) electrons. The Labute approximate surface area is 192 Å². The molecule has 4 heterocycles. The molecule has 5 rings (SSSR count). The van der Waals surface area contributed by atoms with Crippen molar-refractivity contribution in [2.75, 3.05) is 5.32 Å². The Kier molecular flexibility index (Phi) is 5.59. The summed E-state index contributed by atoms with van der Waals surface area (Å²) in [4.78, 5) is 25.2. The first-order valence-corrected chi connectivity index (χ1v) is 11.2. The Morgan fingerprint density at radius 3 is 2.91 bits per heavy atom. The number of pyridine rings is 1. The number of carbonyl (C=O) groups is 1. The molecule has 1 N–H and O–H groups in total. The van der Waals surface area contributed by atoms with Gasteiger partial charge in [0.15, 0.2) is 5.13 Å². The van der Waals surface area contributed by atoms with E-state index >= 15 is 0 Å². The van der Waals surface area contributed by atoms with Gasteiger partial charge >= 0.3 is 0 Å². The maximum absolute atomic E-state index is 13.4. The van der Waals surface area contributed by atoms with Crippen molar-refractivity contribution in [2.24, 2.45) is 0 Å². The second kappa shape index (κ2) is 8.68. The summed E-state index contributed by atoms with van der Waals surface area (Å²) < 4.78 is 17.2. The molecule has 0 atom stereocenters. The molecule has 1 fully saturated rings. The molecule has 0 spiro atoms. The first-order chi connectivity index (χ1) is 15.5. The minimum atomic E-state index is -0.575. The van der Waals surface area contributed by atoms with E-state index in [0.29, 0.717) is 27.5 Å². The maximum atomic E-state index is 13.4. The van der Waals surface area contributed by atoms with E-state index in [0.717, 1.165) is 11.4 Å². The zero-order valence-electron chi connectivity index (χ0n) is 16.8. The second-order valence-electron chi connectivity index (χ2n) is 7.50. The lowest BCUT2D eigenvalue weighted by atomic mass is 10.2. The van der Waals surface area contributed by atoms with Crippen LogP contribution in [-0.4, -0.2) is 30.0 Å². The van der Waals surface area contributed by atoms with E-state index in [1.54, 1.807) is 22.9 Å². The zero-order valence-corrected chi connectivity index (χ0v) is 18.4. The Hall–Kier alpha value is -3.30. The van der Waals surface area contributed by atoms with Gasteiger partial charge in [-0.25, -0.2) is 15.0 Å². The lowest BCUT2D eigenvalue weighted by molar-refractivity contribution is 0.101. The Morgan fingerprint density at radius 2 is 2.09 bits per heavy atom. The summed E-state index contributed by atoms with van der Waals surface area (Å²) in [6.45, 7) is 0.286. The molecule has 7 nitrogen and oxygen atoms in total. The average molecular weight is 469 g/mol. The molecule has 0 aliphatic heterocycles. The van der Waals surface area contributed by atoms with Gasteiger partial charge in [0.25, 0.3) is 5.91 Å². The molecule has 0 aromatic carbocycles. The number of anilines is 1. The lowest BCUT2D eigenvalue weighted by Gasteiger charge is -2.08. The van der Waals surface area contributed by atoms with Crippen molar-refractivity contribution in [3.05, 3.63) is 82.1 Å². The fourth-order valence-electron chi connectivity index (χ4n) is 3.30. The molecule has 32 heavy (non-hydrogen) atoms. The monoisotopic (exact) mass is 468 g/mol.